The molecule has 1 N–H and O–H groups in total. The maximum absolute atomic E-state index is 14.6. The Morgan fingerprint density at radius 3 is 2.54 bits per heavy atom. The minimum atomic E-state index is -3.55. The van der Waals surface area contributed by atoms with Crippen LogP contribution in [0.15, 0.2) is 41.3 Å². The molecular formula is C20H19F2NO4S. The smallest absolute Gasteiger partial charge is 0.231 e. The number of ketones is 1. The van der Waals surface area contributed by atoms with Crippen molar-refractivity contribution in [2.45, 2.75) is 24.2 Å². The van der Waals surface area contributed by atoms with Gasteiger partial charge in [0.25, 0.3) is 0 Å². The minimum Gasteiger partial charge on any atom is -0.355 e. The van der Waals surface area contributed by atoms with Gasteiger partial charge >= 0.3 is 0 Å². The van der Waals surface area contributed by atoms with Crippen LogP contribution in [0, 0.1) is 24.5 Å². The fraction of sp³-hybridized carbons (Fsp3) is 0.300. The largest absolute Gasteiger partial charge is 0.355 e. The second-order valence-corrected chi connectivity index (χ2v) is 8.91. The third kappa shape index (κ3) is 3.69. The number of nitrogens with one attached hydrogen (secondary N) is 1. The van der Waals surface area contributed by atoms with Crippen molar-refractivity contribution >= 4 is 21.5 Å². The molecule has 1 heterocycles. The average Bonchev–Trinajstić information content (AvgIpc) is 3.01. The summed E-state index contributed by atoms with van der Waals surface area (Å²) in [5, 5.41) is 2.55. The van der Waals surface area contributed by atoms with Gasteiger partial charge in [0, 0.05) is 30.7 Å². The summed E-state index contributed by atoms with van der Waals surface area (Å²) >= 11 is 0. The van der Waals surface area contributed by atoms with E-state index in [0.29, 0.717) is 0 Å². The molecule has 2 aromatic rings. The van der Waals surface area contributed by atoms with E-state index in [9.17, 15) is 26.8 Å². The molecule has 1 fully saturated rings. The molecule has 3 rings (SSSR count). The molecule has 0 unspecified atom stereocenters. The van der Waals surface area contributed by atoms with Crippen LogP contribution in [-0.4, -0.2) is 32.9 Å². The number of benzene rings is 2. The molecule has 0 radical (unpaired) electrons. The van der Waals surface area contributed by atoms with E-state index in [1.54, 1.807) is 12.1 Å². The van der Waals surface area contributed by atoms with Gasteiger partial charge in [0.1, 0.15) is 23.3 Å². The first-order chi connectivity index (χ1) is 13.1. The zero-order valence-electron chi connectivity index (χ0n) is 15.3. The predicted octanol–water partition coefficient (Wildman–Crippen LogP) is 2.32. The Morgan fingerprint density at radius 1 is 1.18 bits per heavy atom. The SMILES string of the molecule is Cc1c(F)ccc([C@H]2CNC(=O)[C@@H]2C(=O)Cc2ccccc2S(C)(=O)=O)c1F. The summed E-state index contributed by atoms with van der Waals surface area (Å²) in [5.74, 6) is -4.51. The Kier molecular flexibility index (Phi) is 5.34. The number of Topliss-reactive ketones (excluding diaryl/α,β-unsaturated/α-hetero) is 1. The van der Waals surface area contributed by atoms with E-state index >= 15 is 0 Å². The summed E-state index contributed by atoms with van der Waals surface area (Å²) in [7, 11) is -3.55. The van der Waals surface area contributed by atoms with Crippen molar-refractivity contribution in [3.05, 3.63) is 64.7 Å². The first-order valence-corrected chi connectivity index (χ1v) is 10.5. The van der Waals surface area contributed by atoms with E-state index in [1.807, 2.05) is 0 Å². The second-order valence-electron chi connectivity index (χ2n) is 6.93. The molecular weight excluding hydrogens is 388 g/mol. The monoisotopic (exact) mass is 407 g/mol. The van der Waals surface area contributed by atoms with E-state index in [4.69, 9.17) is 0 Å². The number of rotatable bonds is 5. The van der Waals surface area contributed by atoms with E-state index in [0.717, 1.165) is 12.3 Å². The van der Waals surface area contributed by atoms with Gasteiger partial charge in [-0.1, -0.05) is 24.3 Å². The highest BCUT2D eigenvalue weighted by Crippen LogP contribution is 2.34. The third-order valence-electron chi connectivity index (χ3n) is 5.01. The first kappa shape index (κ1) is 20.1. The van der Waals surface area contributed by atoms with Crippen molar-refractivity contribution < 1.29 is 26.8 Å². The van der Waals surface area contributed by atoms with Gasteiger partial charge in [0.15, 0.2) is 9.84 Å². The lowest BCUT2D eigenvalue weighted by Gasteiger charge is -2.18. The topological polar surface area (TPSA) is 80.3 Å². The molecule has 2 aromatic carbocycles. The van der Waals surface area contributed by atoms with Crippen LogP contribution in [0.2, 0.25) is 0 Å². The summed E-state index contributed by atoms with van der Waals surface area (Å²) in [6, 6.07) is 8.41. The molecule has 148 valence electrons. The van der Waals surface area contributed by atoms with Crippen molar-refractivity contribution in [2.75, 3.05) is 12.8 Å². The zero-order chi connectivity index (χ0) is 20.6. The lowest BCUT2D eigenvalue weighted by molar-refractivity contribution is -0.131. The van der Waals surface area contributed by atoms with Crippen LogP contribution in [-0.2, 0) is 25.8 Å². The van der Waals surface area contributed by atoms with Gasteiger partial charge in [-0.25, -0.2) is 17.2 Å². The molecule has 2 atom stereocenters. The second kappa shape index (κ2) is 7.43. The van der Waals surface area contributed by atoms with Crippen LogP contribution in [0.5, 0.6) is 0 Å². The number of sulfone groups is 1. The van der Waals surface area contributed by atoms with Crippen LogP contribution in [0.25, 0.3) is 0 Å². The molecule has 5 nitrogen and oxygen atoms in total. The number of halogens is 2. The number of hydrogen-bond acceptors (Lipinski definition) is 4. The van der Waals surface area contributed by atoms with Gasteiger partial charge in [-0.2, -0.15) is 0 Å². The van der Waals surface area contributed by atoms with Crippen molar-refractivity contribution in [1.82, 2.24) is 5.32 Å². The standard InChI is InChI=1S/C20H19F2NO4S/c1-11-15(21)8-7-13(19(11)22)14-10-23-20(25)18(14)16(24)9-12-5-3-4-6-17(12)28(2,26)27/h3-8,14,18H,9-10H2,1-2H3,(H,23,25)/t14-,18+/m1/s1. The summed E-state index contributed by atoms with van der Waals surface area (Å²) in [5.41, 5.74) is 0.196. The average molecular weight is 407 g/mol. The Labute approximate surface area is 161 Å². The van der Waals surface area contributed by atoms with Crippen LogP contribution in [0.1, 0.15) is 22.6 Å². The molecule has 0 bridgehead atoms. The summed E-state index contributed by atoms with van der Waals surface area (Å²) in [6.45, 7) is 1.34. The molecule has 1 aliphatic heterocycles. The minimum absolute atomic E-state index is 0.0158. The van der Waals surface area contributed by atoms with E-state index in [1.165, 1.54) is 25.1 Å². The summed E-state index contributed by atoms with van der Waals surface area (Å²) < 4.78 is 52.0. The molecule has 0 aromatic heterocycles. The van der Waals surface area contributed by atoms with E-state index in [2.05, 4.69) is 5.32 Å². The van der Waals surface area contributed by atoms with Gasteiger partial charge < -0.3 is 5.32 Å². The van der Waals surface area contributed by atoms with E-state index in [-0.39, 0.29) is 34.6 Å². The molecule has 0 saturated carbocycles. The van der Waals surface area contributed by atoms with Crippen molar-refractivity contribution in [2.24, 2.45) is 5.92 Å². The predicted molar refractivity (Wildman–Crippen MR) is 98.6 cm³/mol. The first-order valence-electron chi connectivity index (χ1n) is 8.64. The van der Waals surface area contributed by atoms with Crippen LogP contribution >= 0.6 is 0 Å². The van der Waals surface area contributed by atoms with Crippen LogP contribution in [0.3, 0.4) is 0 Å². The fourth-order valence-corrected chi connectivity index (χ4v) is 4.50. The Morgan fingerprint density at radius 2 is 1.86 bits per heavy atom. The highest BCUT2D eigenvalue weighted by atomic mass is 32.2. The normalized spacial score (nSPS) is 19.5. The number of carbonyl (C=O) groups excluding carboxylic acids is 2. The Balaban J connectivity index is 1.95. The van der Waals surface area contributed by atoms with Crippen molar-refractivity contribution in [3.63, 3.8) is 0 Å². The summed E-state index contributed by atoms with van der Waals surface area (Å²) in [6.07, 6.45) is 0.762. The molecule has 0 spiro atoms. The fourth-order valence-electron chi connectivity index (χ4n) is 3.56. The Bertz CT molecular complexity index is 1070. The van der Waals surface area contributed by atoms with Gasteiger partial charge in [-0.15, -0.1) is 0 Å². The molecule has 1 amide bonds. The maximum Gasteiger partial charge on any atom is 0.231 e. The number of hydrogen-bond donors (Lipinski definition) is 1. The van der Waals surface area contributed by atoms with E-state index < -0.39 is 45.0 Å². The Hall–Kier alpha value is -2.61. The molecule has 0 aliphatic carbocycles. The quantitative estimate of drug-likeness (QED) is 0.772. The highest BCUT2D eigenvalue weighted by Gasteiger charge is 2.42. The molecule has 8 heteroatoms. The highest BCUT2D eigenvalue weighted by molar-refractivity contribution is 7.90. The third-order valence-corrected chi connectivity index (χ3v) is 6.21. The zero-order valence-corrected chi connectivity index (χ0v) is 16.1. The van der Waals surface area contributed by atoms with Gasteiger partial charge in [-0.3, -0.25) is 9.59 Å². The molecule has 1 saturated heterocycles. The number of amides is 1. The van der Waals surface area contributed by atoms with Crippen LogP contribution in [0.4, 0.5) is 8.78 Å². The van der Waals surface area contributed by atoms with Crippen LogP contribution < -0.4 is 5.32 Å². The lowest BCUT2D eigenvalue weighted by atomic mass is 9.83. The van der Waals surface area contributed by atoms with Crippen molar-refractivity contribution in [3.8, 4) is 0 Å². The van der Waals surface area contributed by atoms with Gasteiger partial charge in [0.2, 0.25) is 5.91 Å². The maximum atomic E-state index is 14.6. The van der Waals surface area contributed by atoms with Gasteiger partial charge in [0.05, 0.1) is 4.90 Å². The lowest BCUT2D eigenvalue weighted by Crippen LogP contribution is -2.29. The molecule has 28 heavy (non-hydrogen) atoms. The summed E-state index contributed by atoms with van der Waals surface area (Å²) in [4.78, 5) is 25.2. The van der Waals surface area contributed by atoms with Gasteiger partial charge in [-0.05, 0) is 30.2 Å². The van der Waals surface area contributed by atoms with Crippen molar-refractivity contribution in [1.29, 1.82) is 0 Å². The number of carbonyl (C=O) groups is 2. The molecule has 1 aliphatic rings.